The minimum atomic E-state index is -0.801. The number of hydrogen-bond donors (Lipinski definition) is 0. The predicted octanol–water partition coefficient (Wildman–Crippen LogP) is 4.10. The van der Waals surface area contributed by atoms with Crippen LogP contribution in [-0.4, -0.2) is 19.1 Å². The number of aromatic nitrogens is 4. The highest BCUT2D eigenvalue weighted by atomic mass is 31.1. The molecule has 0 saturated carbocycles. The van der Waals surface area contributed by atoms with Gasteiger partial charge in [-0.05, 0) is 21.2 Å². The molecular formula is C31H26N4P2. The fourth-order valence-corrected chi connectivity index (χ4v) is 9.01. The normalized spacial score (nSPS) is 11.3. The third kappa shape index (κ3) is 5.04. The van der Waals surface area contributed by atoms with Gasteiger partial charge in [-0.15, -0.1) is 0 Å². The third-order valence-corrected chi connectivity index (χ3v) is 11.0. The van der Waals surface area contributed by atoms with Crippen molar-refractivity contribution < 1.29 is 0 Å². The van der Waals surface area contributed by atoms with E-state index in [1.807, 2.05) is 12.4 Å². The van der Waals surface area contributed by atoms with E-state index in [1.54, 1.807) is 0 Å². The summed E-state index contributed by atoms with van der Waals surface area (Å²) in [5.41, 5.74) is 2.16. The van der Waals surface area contributed by atoms with Gasteiger partial charge < -0.3 is 9.13 Å². The van der Waals surface area contributed by atoms with E-state index in [0.29, 0.717) is 6.67 Å². The fourth-order valence-electron chi connectivity index (χ4n) is 4.47. The molecule has 6 rings (SSSR count). The first-order valence-electron chi connectivity index (χ1n) is 12.2. The lowest BCUT2D eigenvalue weighted by atomic mass is 10.4. The highest BCUT2D eigenvalue weighted by Gasteiger charge is 2.24. The van der Waals surface area contributed by atoms with Crippen molar-refractivity contribution in [3.8, 4) is 0 Å². The second kappa shape index (κ2) is 11.0. The molecule has 2 heterocycles. The molecule has 6 aromatic rings. The summed E-state index contributed by atoms with van der Waals surface area (Å²) >= 11 is 0. The van der Waals surface area contributed by atoms with E-state index in [4.69, 9.17) is 9.97 Å². The molecular weight excluding hydrogens is 490 g/mol. The Bertz CT molecular complexity index is 1350. The summed E-state index contributed by atoms with van der Waals surface area (Å²) in [7, 11) is -1.60. The monoisotopic (exact) mass is 516 g/mol. The van der Waals surface area contributed by atoms with Gasteiger partial charge >= 0.3 is 0 Å². The number of benzene rings is 4. The molecule has 0 bridgehead atoms. The smallest absolute Gasteiger partial charge is 0.141 e. The molecule has 0 aliphatic rings. The summed E-state index contributed by atoms with van der Waals surface area (Å²) in [5, 5.41) is 5.16. The lowest BCUT2D eigenvalue weighted by Crippen LogP contribution is -2.33. The van der Waals surface area contributed by atoms with Crippen LogP contribution in [0.15, 0.2) is 146 Å². The summed E-state index contributed by atoms with van der Waals surface area (Å²) in [6, 6.07) is 42.9. The van der Waals surface area contributed by atoms with E-state index < -0.39 is 15.8 Å². The molecule has 0 fully saturated rings. The molecule has 0 aliphatic carbocycles. The van der Waals surface area contributed by atoms with Crippen molar-refractivity contribution in [2.45, 2.75) is 6.67 Å². The lowest BCUT2D eigenvalue weighted by Gasteiger charge is -2.22. The van der Waals surface area contributed by atoms with Gasteiger partial charge in [-0.25, -0.2) is 9.97 Å². The minimum absolute atomic E-state index is 0.654. The Morgan fingerprint density at radius 3 is 1.03 bits per heavy atom. The Hall–Kier alpha value is -3.84. The molecule has 0 N–H and O–H groups in total. The van der Waals surface area contributed by atoms with E-state index in [1.165, 1.54) is 21.2 Å². The Kier molecular flexibility index (Phi) is 7.03. The van der Waals surface area contributed by atoms with Crippen LogP contribution in [0.4, 0.5) is 0 Å². The summed E-state index contributed by atoms with van der Waals surface area (Å²) in [4.78, 5) is 9.81. The summed E-state index contributed by atoms with van der Waals surface area (Å²) in [5.74, 6) is 0. The van der Waals surface area contributed by atoms with Gasteiger partial charge in [0.15, 0.2) is 0 Å². The minimum Gasteiger partial charge on any atom is -0.312 e. The van der Waals surface area contributed by atoms with Gasteiger partial charge in [0.2, 0.25) is 0 Å². The third-order valence-electron chi connectivity index (χ3n) is 6.15. The Labute approximate surface area is 219 Å². The van der Waals surface area contributed by atoms with Gasteiger partial charge in [0.05, 0.1) is 0 Å². The van der Waals surface area contributed by atoms with Crippen LogP contribution < -0.4 is 32.3 Å². The van der Waals surface area contributed by atoms with E-state index in [-0.39, 0.29) is 0 Å². The first-order chi connectivity index (χ1) is 18.4. The van der Waals surface area contributed by atoms with Crippen LogP contribution in [0.2, 0.25) is 0 Å². The number of hydrogen-bond acceptors (Lipinski definition) is 2. The SMILES string of the molecule is c1ccc(P(c2ccccc2)c2nccn2Cn2ccnc2P(c2ccccc2)c2ccccc2)cc1. The molecule has 0 radical (unpaired) electrons. The van der Waals surface area contributed by atoms with Crippen LogP contribution in [0.3, 0.4) is 0 Å². The van der Waals surface area contributed by atoms with Crippen LogP contribution in [0, 0.1) is 0 Å². The molecule has 0 unspecified atom stereocenters. The maximum Gasteiger partial charge on any atom is 0.141 e. The first-order valence-corrected chi connectivity index (χ1v) is 14.9. The zero-order chi connectivity index (χ0) is 24.9. The van der Waals surface area contributed by atoms with Gasteiger partial charge in [0, 0.05) is 40.6 Å². The van der Waals surface area contributed by atoms with Gasteiger partial charge in [0.25, 0.3) is 0 Å². The largest absolute Gasteiger partial charge is 0.312 e. The molecule has 0 amide bonds. The molecule has 180 valence electrons. The molecule has 2 aromatic heterocycles. The van der Waals surface area contributed by atoms with Crippen LogP contribution in [0.1, 0.15) is 0 Å². The average Bonchev–Trinajstić information content (AvgIpc) is 3.62. The molecule has 0 aliphatic heterocycles. The van der Waals surface area contributed by atoms with E-state index in [9.17, 15) is 0 Å². The molecule has 6 heteroatoms. The summed E-state index contributed by atoms with van der Waals surface area (Å²) in [6.07, 6.45) is 8.02. The van der Waals surface area contributed by atoms with Crippen molar-refractivity contribution in [2.24, 2.45) is 0 Å². The Morgan fingerprint density at radius 2 is 0.730 bits per heavy atom. The quantitative estimate of drug-likeness (QED) is 0.286. The standard InChI is InChI=1S/C31H26N4P2/c1-5-13-26(14-6-1)36(27-15-7-2-8-16-27)30-32-21-23-34(30)25-35-24-22-33-31(35)37(28-17-9-3-10-18-28)29-19-11-4-12-20-29/h1-24H,25H2. The van der Waals surface area contributed by atoms with Gasteiger partial charge in [-0.2, -0.15) is 0 Å². The summed E-state index contributed by atoms with van der Waals surface area (Å²) in [6.45, 7) is 0.654. The maximum absolute atomic E-state index is 4.90. The second-order valence-corrected chi connectivity index (χ2v) is 12.8. The average molecular weight is 517 g/mol. The van der Waals surface area contributed by atoms with Crippen molar-refractivity contribution in [2.75, 3.05) is 0 Å². The van der Waals surface area contributed by atoms with E-state index in [0.717, 1.165) is 11.1 Å². The highest BCUT2D eigenvalue weighted by Crippen LogP contribution is 2.33. The fraction of sp³-hybridized carbons (Fsp3) is 0.0323. The zero-order valence-electron chi connectivity index (χ0n) is 20.2. The Balaban J connectivity index is 1.41. The van der Waals surface area contributed by atoms with E-state index in [2.05, 4.69) is 143 Å². The predicted molar refractivity (Wildman–Crippen MR) is 157 cm³/mol. The second-order valence-electron chi connectivity index (χ2n) is 8.55. The molecule has 37 heavy (non-hydrogen) atoms. The van der Waals surface area contributed by atoms with Gasteiger partial charge in [-0.1, -0.05) is 121 Å². The summed E-state index contributed by atoms with van der Waals surface area (Å²) < 4.78 is 4.56. The van der Waals surface area contributed by atoms with Crippen LogP contribution in [0.5, 0.6) is 0 Å². The number of imidazole rings is 2. The van der Waals surface area contributed by atoms with Crippen LogP contribution >= 0.6 is 15.8 Å². The van der Waals surface area contributed by atoms with Crippen LogP contribution in [0.25, 0.3) is 0 Å². The number of nitrogens with zero attached hydrogens (tertiary/aromatic N) is 4. The molecule has 4 aromatic carbocycles. The van der Waals surface area contributed by atoms with Crippen molar-refractivity contribution in [3.05, 3.63) is 146 Å². The van der Waals surface area contributed by atoms with Crippen molar-refractivity contribution in [3.63, 3.8) is 0 Å². The first kappa shape index (κ1) is 23.6. The topological polar surface area (TPSA) is 35.6 Å². The lowest BCUT2D eigenvalue weighted by molar-refractivity contribution is 0.634. The van der Waals surface area contributed by atoms with E-state index >= 15 is 0 Å². The van der Waals surface area contributed by atoms with Crippen molar-refractivity contribution in [1.82, 2.24) is 19.1 Å². The van der Waals surface area contributed by atoms with Gasteiger partial charge in [-0.3, -0.25) is 0 Å². The molecule has 0 saturated heterocycles. The Morgan fingerprint density at radius 1 is 0.432 bits per heavy atom. The van der Waals surface area contributed by atoms with Crippen molar-refractivity contribution >= 4 is 48.2 Å². The zero-order valence-corrected chi connectivity index (χ0v) is 22.0. The maximum atomic E-state index is 4.90. The molecule has 4 nitrogen and oxygen atoms in total. The molecule has 0 spiro atoms. The van der Waals surface area contributed by atoms with Gasteiger partial charge in [0.1, 0.15) is 17.8 Å². The van der Waals surface area contributed by atoms with Crippen LogP contribution in [-0.2, 0) is 6.67 Å². The highest BCUT2D eigenvalue weighted by molar-refractivity contribution is 7.79. The number of rotatable bonds is 8. The molecule has 0 atom stereocenters. The van der Waals surface area contributed by atoms with Crippen molar-refractivity contribution in [1.29, 1.82) is 0 Å².